The van der Waals surface area contributed by atoms with Crippen LogP contribution >= 0.6 is 0 Å². The molecule has 1 saturated heterocycles. The molecule has 2 aliphatic rings. The number of nitrogens with one attached hydrogen (secondary N) is 1. The second kappa shape index (κ2) is 6.19. The van der Waals surface area contributed by atoms with Crippen molar-refractivity contribution < 1.29 is 0 Å². The maximum Gasteiger partial charge on any atom is 0.00954 e. The van der Waals surface area contributed by atoms with E-state index in [-0.39, 0.29) is 0 Å². The van der Waals surface area contributed by atoms with Gasteiger partial charge in [0, 0.05) is 19.1 Å². The lowest BCUT2D eigenvalue weighted by atomic mass is 9.96. The van der Waals surface area contributed by atoms with Crippen molar-refractivity contribution in [1.29, 1.82) is 0 Å². The molecular weight excluding hydrogens is 208 g/mol. The maximum absolute atomic E-state index is 3.54. The summed E-state index contributed by atoms with van der Waals surface area (Å²) in [7, 11) is 0. The zero-order valence-corrected chi connectivity index (χ0v) is 11.9. The van der Waals surface area contributed by atoms with Crippen LogP contribution in [-0.4, -0.2) is 37.1 Å². The zero-order chi connectivity index (χ0) is 12.3. The van der Waals surface area contributed by atoms with Crippen LogP contribution in [0.15, 0.2) is 0 Å². The standard InChI is InChI=1S/C15H30N2/c1-12(2)10-17(15-6-4-5-7-15)11-14-9-16-8-13(14)3/h12-16H,4-11H2,1-3H3. The maximum atomic E-state index is 3.54. The minimum atomic E-state index is 0.806. The van der Waals surface area contributed by atoms with Crippen LogP contribution in [0.25, 0.3) is 0 Å². The highest BCUT2D eigenvalue weighted by Crippen LogP contribution is 2.27. The Morgan fingerprint density at radius 3 is 2.41 bits per heavy atom. The molecule has 2 heteroatoms. The molecule has 0 radical (unpaired) electrons. The Labute approximate surface area is 107 Å². The Hall–Kier alpha value is -0.0800. The minimum Gasteiger partial charge on any atom is -0.316 e. The van der Waals surface area contributed by atoms with E-state index in [0.29, 0.717) is 0 Å². The van der Waals surface area contributed by atoms with Gasteiger partial charge < -0.3 is 5.32 Å². The van der Waals surface area contributed by atoms with Gasteiger partial charge in [-0.3, -0.25) is 4.90 Å². The van der Waals surface area contributed by atoms with E-state index in [0.717, 1.165) is 23.8 Å². The van der Waals surface area contributed by atoms with Crippen LogP contribution in [0, 0.1) is 17.8 Å². The van der Waals surface area contributed by atoms with E-state index in [9.17, 15) is 0 Å². The van der Waals surface area contributed by atoms with Crippen LogP contribution in [0.2, 0.25) is 0 Å². The fourth-order valence-electron chi connectivity index (χ4n) is 3.52. The van der Waals surface area contributed by atoms with Crippen molar-refractivity contribution in [3.05, 3.63) is 0 Å². The molecule has 0 spiro atoms. The number of rotatable bonds is 5. The summed E-state index contributed by atoms with van der Waals surface area (Å²) in [6.07, 6.45) is 5.80. The van der Waals surface area contributed by atoms with Gasteiger partial charge in [0.1, 0.15) is 0 Å². The van der Waals surface area contributed by atoms with E-state index < -0.39 is 0 Å². The predicted molar refractivity (Wildman–Crippen MR) is 74.2 cm³/mol. The van der Waals surface area contributed by atoms with E-state index in [1.165, 1.54) is 51.9 Å². The van der Waals surface area contributed by atoms with E-state index in [1.807, 2.05) is 0 Å². The van der Waals surface area contributed by atoms with Gasteiger partial charge in [-0.2, -0.15) is 0 Å². The monoisotopic (exact) mass is 238 g/mol. The minimum absolute atomic E-state index is 0.806. The topological polar surface area (TPSA) is 15.3 Å². The zero-order valence-electron chi connectivity index (χ0n) is 11.9. The average molecular weight is 238 g/mol. The van der Waals surface area contributed by atoms with E-state index in [1.54, 1.807) is 0 Å². The third kappa shape index (κ3) is 3.69. The SMILES string of the molecule is CC(C)CN(CC1CNCC1C)C1CCCC1. The molecule has 2 nitrogen and oxygen atoms in total. The Kier molecular flexibility index (Phi) is 4.87. The van der Waals surface area contributed by atoms with Gasteiger partial charge in [0.05, 0.1) is 0 Å². The van der Waals surface area contributed by atoms with Gasteiger partial charge in [-0.25, -0.2) is 0 Å². The summed E-state index contributed by atoms with van der Waals surface area (Å²) in [6, 6.07) is 0.894. The number of hydrogen-bond acceptors (Lipinski definition) is 2. The van der Waals surface area contributed by atoms with Crippen molar-refractivity contribution in [1.82, 2.24) is 10.2 Å². The summed E-state index contributed by atoms with van der Waals surface area (Å²) >= 11 is 0. The summed E-state index contributed by atoms with van der Waals surface area (Å²) in [5.74, 6) is 2.56. The lowest BCUT2D eigenvalue weighted by Gasteiger charge is -2.33. The number of nitrogens with zero attached hydrogens (tertiary/aromatic N) is 1. The average Bonchev–Trinajstić information content (AvgIpc) is 2.89. The first-order valence-corrected chi connectivity index (χ1v) is 7.61. The van der Waals surface area contributed by atoms with Crippen molar-refractivity contribution in [2.24, 2.45) is 17.8 Å². The molecule has 0 bridgehead atoms. The van der Waals surface area contributed by atoms with Gasteiger partial charge in [0.15, 0.2) is 0 Å². The first-order chi connectivity index (χ1) is 8.16. The van der Waals surface area contributed by atoms with Crippen molar-refractivity contribution in [2.45, 2.75) is 52.5 Å². The van der Waals surface area contributed by atoms with Crippen LogP contribution in [0.5, 0.6) is 0 Å². The molecule has 1 N–H and O–H groups in total. The van der Waals surface area contributed by atoms with Crippen LogP contribution in [0.1, 0.15) is 46.5 Å². The summed E-state index contributed by atoms with van der Waals surface area (Å²) < 4.78 is 0. The molecule has 0 amide bonds. The normalized spacial score (nSPS) is 30.9. The van der Waals surface area contributed by atoms with Crippen molar-refractivity contribution in [3.63, 3.8) is 0 Å². The van der Waals surface area contributed by atoms with Gasteiger partial charge in [-0.05, 0) is 43.7 Å². The Morgan fingerprint density at radius 2 is 1.88 bits per heavy atom. The van der Waals surface area contributed by atoms with E-state index in [4.69, 9.17) is 0 Å². The summed E-state index contributed by atoms with van der Waals surface area (Å²) in [4.78, 5) is 2.81. The molecule has 1 aliphatic heterocycles. The van der Waals surface area contributed by atoms with Gasteiger partial charge >= 0.3 is 0 Å². The van der Waals surface area contributed by atoms with Gasteiger partial charge in [-0.1, -0.05) is 33.6 Å². The molecular formula is C15H30N2. The van der Waals surface area contributed by atoms with Gasteiger partial charge in [-0.15, -0.1) is 0 Å². The Balaban J connectivity index is 1.89. The molecule has 17 heavy (non-hydrogen) atoms. The van der Waals surface area contributed by atoms with Gasteiger partial charge in [0.25, 0.3) is 0 Å². The third-order valence-corrected chi connectivity index (χ3v) is 4.59. The quantitative estimate of drug-likeness (QED) is 0.792. The van der Waals surface area contributed by atoms with Crippen molar-refractivity contribution in [2.75, 3.05) is 26.2 Å². The predicted octanol–water partition coefficient (Wildman–Crippen LogP) is 2.74. The molecule has 2 unspecified atom stereocenters. The highest BCUT2D eigenvalue weighted by atomic mass is 15.2. The van der Waals surface area contributed by atoms with Crippen LogP contribution in [-0.2, 0) is 0 Å². The smallest absolute Gasteiger partial charge is 0.00954 e. The summed E-state index contributed by atoms with van der Waals surface area (Å²) in [5, 5.41) is 3.54. The van der Waals surface area contributed by atoms with Gasteiger partial charge in [0.2, 0.25) is 0 Å². The fraction of sp³-hybridized carbons (Fsp3) is 1.00. The van der Waals surface area contributed by atoms with E-state index in [2.05, 4.69) is 31.0 Å². The first kappa shape index (κ1) is 13.4. The largest absolute Gasteiger partial charge is 0.316 e. The second-order valence-electron chi connectivity index (χ2n) is 6.68. The molecule has 100 valence electrons. The van der Waals surface area contributed by atoms with E-state index >= 15 is 0 Å². The molecule has 1 saturated carbocycles. The van der Waals surface area contributed by atoms with Crippen molar-refractivity contribution in [3.8, 4) is 0 Å². The van der Waals surface area contributed by atoms with Crippen LogP contribution in [0.3, 0.4) is 0 Å². The number of hydrogen-bond donors (Lipinski definition) is 1. The molecule has 0 aromatic carbocycles. The van der Waals surface area contributed by atoms with Crippen molar-refractivity contribution >= 4 is 0 Å². The first-order valence-electron chi connectivity index (χ1n) is 7.61. The molecule has 0 aromatic heterocycles. The highest BCUT2D eigenvalue weighted by Gasteiger charge is 2.29. The molecule has 0 aromatic rings. The molecule has 2 atom stereocenters. The highest BCUT2D eigenvalue weighted by molar-refractivity contribution is 4.85. The molecule has 2 rings (SSSR count). The third-order valence-electron chi connectivity index (χ3n) is 4.59. The second-order valence-corrected chi connectivity index (χ2v) is 6.68. The summed E-state index contributed by atoms with van der Waals surface area (Å²) in [6.45, 7) is 12.2. The van der Waals surface area contributed by atoms with Crippen LogP contribution in [0.4, 0.5) is 0 Å². The molecule has 1 heterocycles. The Morgan fingerprint density at radius 1 is 1.18 bits per heavy atom. The van der Waals surface area contributed by atoms with Crippen LogP contribution < -0.4 is 5.32 Å². The Bertz CT molecular complexity index is 221. The summed E-state index contributed by atoms with van der Waals surface area (Å²) in [5.41, 5.74) is 0. The lowest BCUT2D eigenvalue weighted by molar-refractivity contribution is 0.143. The fourth-order valence-corrected chi connectivity index (χ4v) is 3.52. The lowest BCUT2D eigenvalue weighted by Crippen LogP contribution is -2.41. The molecule has 2 fully saturated rings. The molecule has 1 aliphatic carbocycles.